The van der Waals surface area contributed by atoms with Crippen molar-refractivity contribution in [1.29, 1.82) is 0 Å². The van der Waals surface area contributed by atoms with E-state index >= 15 is 0 Å². The summed E-state index contributed by atoms with van der Waals surface area (Å²) in [7, 11) is 0. The Labute approximate surface area is 102 Å². The lowest BCUT2D eigenvalue weighted by atomic mass is 9.89. The summed E-state index contributed by atoms with van der Waals surface area (Å²) in [5.74, 6) is -1.13. The van der Waals surface area contributed by atoms with E-state index < -0.39 is 12.0 Å². The normalized spacial score (nSPS) is 13.4. The Bertz CT molecular complexity index is 258. The molecule has 17 heavy (non-hydrogen) atoms. The second-order valence-corrected chi connectivity index (χ2v) is 5.41. The number of carboxylic acids is 1. The number of ether oxygens (including phenoxy) is 1. The number of nitrogens with two attached hydrogens (primary N) is 1. The summed E-state index contributed by atoms with van der Waals surface area (Å²) in [6.07, 6.45) is 2.28. The van der Waals surface area contributed by atoms with Crippen LogP contribution in [0.2, 0.25) is 0 Å². The Morgan fingerprint density at radius 3 is 2.41 bits per heavy atom. The summed E-state index contributed by atoms with van der Waals surface area (Å²) < 4.78 is 4.95. The van der Waals surface area contributed by atoms with Crippen molar-refractivity contribution in [3.8, 4) is 0 Å². The lowest BCUT2D eigenvalue weighted by Crippen LogP contribution is -2.35. The number of hydrogen-bond donors (Lipinski definition) is 2. The van der Waals surface area contributed by atoms with Gasteiger partial charge in [0.2, 0.25) is 0 Å². The van der Waals surface area contributed by atoms with Gasteiger partial charge in [0.1, 0.15) is 12.6 Å². The van der Waals surface area contributed by atoms with E-state index in [0.29, 0.717) is 6.42 Å². The molecule has 0 fully saturated rings. The second-order valence-electron chi connectivity index (χ2n) is 5.41. The van der Waals surface area contributed by atoms with Crippen LogP contribution in [0.4, 0.5) is 0 Å². The van der Waals surface area contributed by atoms with Crippen LogP contribution in [0.3, 0.4) is 0 Å². The van der Waals surface area contributed by atoms with Crippen LogP contribution in [0.1, 0.15) is 40.0 Å². The Morgan fingerprint density at radius 1 is 1.35 bits per heavy atom. The monoisotopic (exact) mass is 245 g/mol. The zero-order valence-electron chi connectivity index (χ0n) is 10.9. The third kappa shape index (κ3) is 9.96. The van der Waals surface area contributed by atoms with Crippen LogP contribution in [-0.4, -0.2) is 36.1 Å². The van der Waals surface area contributed by atoms with Crippen molar-refractivity contribution in [2.24, 2.45) is 11.1 Å². The summed E-state index contributed by atoms with van der Waals surface area (Å²) in [6, 6.07) is -1.06. The van der Waals surface area contributed by atoms with E-state index in [4.69, 9.17) is 15.6 Å². The van der Waals surface area contributed by atoms with Crippen molar-refractivity contribution in [3.05, 3.63) is 0 Å². The predicted molar refractivity (Wildman–Crippen MR) is 64.7 cm³/mol. The molecule has 100 valence electrons. The topological polar surface area (TPSA) is 89.6 Å². The summed E-state index contributed by atoms with van der Waals surface area (Å²) in [4.78, 5) is 21.7. The second kappa shape index (κ2) is 7.40. The molecule has 0 amide bonds. The highest BCUT2D eigenvalue weighted by Gasteiger charge is 2.13. The maximum absolute atomic E-state index is 11.4. The van der Waals surface area contributed by atoms with Crippen molar-refractivity contribution in [3.63, 3.8) is 0 Å². The van der Waals surface area contributed by atoms with E-state index in [9.17, 15) is 9.59 Å². The fraction of sp³-hybridized carbons (Fsp3) is 0.833. The van der Waals surface area contributed by atoms with Crippen LogP contribution < -0.4 is 5.73 Å². The van der Waals surface area contributed by atoms with E-state index in [1.54, 1.807) is 0 Å². The standard InChI is InChI=1S/C12H23NO4/c1-12(2,3)6-4-5-9(14)7-17-8-10(13)11(15)16/h10H,4-8,13H2,1-3H3,(H,15,16)/t10-/m0/s1. The molecule has 0 aliphatic rings. The van der Waals surface area contributed by atoms with Gasteiger partial charge in [-0.05, 0) is 18.3 Å². The number of rotatable bonds is 8. The van der Waals surface area contributed by atoms with Gasteiger partial charge in [0.25, 0.3) is 0 Å². The van der Waals surface area contributed by atoms with E-state index in [2.05, 4.69) is 20.8 Å². The zero-order chi connectivity index (χ0) is 13.5. The van der Waals surface area contributed by atoms with Gasteiger partial charge in [-0.1, -0.05) is 20.8 Å². The van der Waals surface area contributed by atoms with Gasteiger partial charge in [0.05, 0.1) is 6.61 Å². The number of Topliss-reactive ketones (excluding diaryl/α,β-unsaturated/α-hetero) is 1. The highest BCUT2D eigenvalue weighted by atomic mass is 16.5. The molecule has 0 rings (SSSR count). The molecule has 0 unspecified atom stereocenters. The predicted octanol–water partition coefficient (Wildman–Crippen LogP) is 1.20. The summed E-state index contributed by atoms with van der Waals surface area (Å²) in [6.45, 7) is 6.20. The highest BCUT2D eigenvalue weighted by molar-refractivity contribution is 5.79. The molecule has 3 N–H and O–H groups in total. The lowest BCUT2D eigenvalue weighted by Gasteiger charge is -2.17. The van der Waals surface area contributed by atoms with Gasteiger partial charge >= 0.3 is 5.97 Å². The molecule has 5 heteroatoms. The fourth-order valence-corrected chi connectivity index (χ4v) is 1.26. The molecule has 1 atom stereocenters. The minimum atomic E-state index is -1.12. The molecule has 0 bridgehead atoms. The maximum Gasteiger partial charge on any atom is 0.322 e. The molecule has 0 saturated heterocycles. The molecule has 0 heterocycles. The van der Waals surface area contributed by atoms with Crippen LogP contribution in [0.5, 0.6) is 0 Å². The summed E-state index contributed by atoms with van der Waals surface area (Å²) >= 11 is 0. The largest absolute Gasteiger partial charge is 0.480 e. The molecule has 0 aliphatic heterocycles. The summed E-state index contributed by atoms with van der Waals surface area (Å²) in [5, 5.41) is 8.49. The number of hydrogen-bond acceptors (Lipinski definition) is 4. The Morgan fingerprint density at radius 2 is 1.94 bits per heavy atom. The average Bonchev–Trinajstić information content (AvgIpc) is 2.15. The van der Waals surface area contributed by atoms with Crippen molar-refractivity contribution >= 4 is 11.8 Å². The van der Waals surface area contributed by atoms with Crippen LogP contribution >= 0.6 is 0 Å². The maximum atomic E-state index is 11.4. The van der Waals surface area contributed by atoms with Gasteiger partial charge in [0.15, 0.2) is 5.78 Å². The number of ketones is 1. The third-order valence-corrected chi connectivity index (χ3v) is 2.26. The molecule has 0 aliphatic carbocycles. The number of carboxylic acid groups (broad SMARTS) is 1. The van der Waals surface area contributed by atoms with E-state index in [1.807, 2.05) is 0 Å². The first-order valence-corrected chi connectivity index (χ1v) is 5.80. The molecule has 0 aromatic carbocycles. The van der Waals surface area contributed by atoms with Crippen LogP contribution in [-0.2, 0) is 14.3 Å². The first-order valence-electron chi connectivity index (χ1n) is 5.80. The van der Waals surface area contributed by atoms with E-state index in [-0.39, 0.29) is 24.4 Å². The quantitative estimate of drug-likeness (QED) is 0.670. The molecule has 0 aromatic heterocycles. The molecule has 5 nitrogen and oxygen atoms in total. The average molecular weight is 245 g/mol. The van der Waals surface area contributed by atoms with Crippen molar-refractivity contribution in [2.45, 2.75) is 46.1 Å². The molecule has 0 aromatic rings. The van der Waals surface area contributed by atoms with Crippen molar-refractivity contribution < 1.29 is 19.4 Å². The van der Waals surface area contributed by atoms with Crippen molar-refractivity contribution in [2.75, 3.05) is 13.2 Å². The minimum absolute atomic E-state index is 0.00756. The molecule has 0 spiro atoms. The van der Waals surface area contributed by atoms with Crippen LogP contribution in [0, 0.1) is 5.41 Å². The lowest BCUT2D eigenvalue weighted by molar-refractivity contribution is -0.141. The fourth-order valence-electron chi connectivity index (χ4n) is 1.26. The van der Waals surface area contributed by atoms with Gasteiger partial charge in [-0.15, -0.1) is 0 Å². The smallest absolute Gasteiger partial charge is 0.322 e. The molecule has 0 radical (unpaired) electrons. The third-order valence-electron chi connectivity index (χ3n) is 2.26. The number of aliphatic carboxylic acids is 1. The Balaban J connectivity index is 3.57. The van der Waals surface area contributed by atoms with Gasteiger partial charge in [-0.25, -0.2) is 0 Å². The minimum Gasteiger partial charge on any atom is -0.480 e. The molecular formula is C12H23NO4. The summed E-state index contributed by atoms with van der Waals surface area (Å²) in [5.41, 5.74) is 5.45. The van der Waals surface area contributed by atoms with E-state index in [0.717, 1.165) is 12.8 Å². The van der Waals surface area contributed by atoms with Crippen molar-refractivity contribution in [1.82, 2.24) is 0 Å². The number of carbonyl (C=O) groups is 2. The number of carbonyl (C=O) groups excluding carboxylic acids is 1. The SMILES string of the molecule is CC(C)(C)CCCC(=O)COC[C@H](N)C(=O)O. The molecule has 0 saturated carbocycles. The van der Waals surface area contributed by atoms with Gasteiger partial charge in [-0.2, -0.15) is 0 Å². The highest BCUT2D eigenvalue weighted by Crippen LogP contribution is 2.21. The molecular weight excluding hydrogens is 222 g/mol. The van der Waals surface area contributed by atoms with Crippen LogP contribution in [0.25, 0.3) is 0 Å². The van der Waals surface area contributed by atoms with Crippen LogP contribution in [0.15, 0.2) is 0 Å². The zero-order valence-corrected chi connectivity index (χ0v) is 10.9. The van der Waals surface area contributed by atoms with Gasteiger partial charge < -0.3 is 15.6 Å². The Kier molecular flexibility index (Phi) is 6.99. The van der Waals surface area contributed by atoms with E-state index in [1.165, 1.54) is 0 Å². The Hall–Kier alpha value is -0.940. The first kappa shape index (κ1) is 16.1. The first-order chi connectivity index (χ1) is 7.72. The van der Waals surface area contributed by atoms with Gasteiger partial charge in [-0.3, -0.25) is 9.59 Å². The van der Waals surface area contributed by atoms with Gasteiger partial charge in [0, 0.05) is 6.42 Å².